The minimum atomic E-state index is -4.06. The monoisotopic (exact) mass is 625 g/mol. The van der Waals surface area contributed by atoms with Crippen LogP contribution in [0, 0.1) is 6.92 Å². The Labute approximate surface area is 245 Å². The van der Waals surface area contributed by atoms with Gasteiger partial charge in [-0.15, -0.1) is 0 Å². The minimum absolute atomic E-state index is 0.0888. The molecular formula is C31H36BrN3O4S. The van der Waals surface area contributed by atoms with Crippen molar-refractivity contribution in [2.75, 3.05) is 10.8 Å². The first-order chi connectivity index (χ1) is 19.1. The Bertz CT molecular complexity index is 1390. The fraction of sp³-hybridized carbons (Fsp3) is 0.355. The highest BCUT2D eigenvalue weighted by Gasteiger charge is 2.33. The van der Waals surface area contributed by atoms with Crippen molar-refractivity contribution in [3.8, 4) is 0 Å². The molecule has 0 aliphatic heterocycles. The molecule has 0 spiro atoms. The van der Waals surface area contributed by atoms with Crippen LogP contribution in [0.2, 0.25) is 0 Å². The molecule has 1 aliphatic rings. The van der Waals surface area contributed by atoms with Crippen LogP contribution >= 0.6 is 15.9 Å². The lowest BCUT2D eigenvalue weighted by atomic mass is 9.95. The third kappa shape index (κ3) is 7.52. The number of benzene rings is 3. The molecule has 40 heavy (non-hydrogen) atoms. The van der Waals surface area contributed by atoms with Gasteiger partial charge < -0.3 is 10.2 Å². The number of hydrogen-bond acceptors (Lipinski definition) is 4. The SMILES string of the molecule is Cc1ccc(N(CC(=O)N(Cc2ccc(Br)cc2)C(C)C(=O)NC2CCCCC2)S(=O)(=O)c2ccccc2)cc1. The molecule has 0 saturated heterocycles. The van der Waals surface area contributed by atoms with Crippen LogP contribution in [-0.4, -0.2) is 43.8 Å². The molecule has 1 saturated carbocycles. The largest absolute Gasteiger partial charge is 0.352 e. The fourth-order valence-electron chi connectivity index (χ4n) is 4.90. The van der Waals surface area contributed by atoms with E-state index < -0.39 is 28.5 Å². The van der Waals surface area contributed by atoms with Crippen LogP contribution in [0.3, 0.4) is 0 Å². The molecule has 1 aliphatic carbocycles. The summed E-state index contributed by atoms with van der Waals surface area (Å²) in [5.74, 6) is -0.695. The maximum atomic E-state index is 14.0. The summed E-state index contributed by atoms with van der Waals surface area (Å²) in [7, 11) is -4.06. The van der Waals surface area contributed by atoms with E-state index in [1.165, 1.54) is 23.5 Å². The predicted octanol–water partition coefficient (Wildman–Crippen LogP) is 5.82. The van der Waals surface area contributed by atoms with Crippen molar-refractivity contribution in [1.29, 1.82) is 0 Å². The van der Waals surface area contributed by atoms with E-state index in [0.717, 1.165) is 45.6 Å². The molecule has 0 heterocycles. The topological polar surface area (TPSA) is 86.8 Å². The molecule has 3 aromatic rings. The fourth-order valence-corrected chi connectivity index (χ4v) is 6.60. The van der Waals surface area contributed by atoms with Gasteiger partial charge in [-0.25, -0.2) is 8.42 Å². The summed E-state index contributed by atoms with van der Waals surface area (Å²) in [6.07, 6.45) is 5.17. The first-order valence-electron chi connectivity index (χ1n) is 13.6. The molecule has 1 fully saturated rings. The molecule has 1 unspecified atom stereocenters. The second-order valence-corrected chi connectivity index (χ2v) is 13.1. The van der Waals surface area contributed by atoms with Crippen LogP contribution in [0.5, 0.6) is 0 Å². The zero-order valence-corrected chi connectivity index (χ0v) is 25.3. The second-order valence-electron chi connectivity index (χ2n) is 10.3. The molecule has 1 N–H and O–H groups in total. The van der Waals surface area contributed by atoms with Crippen LogP contribution in [0.1, 0.15) is 50.2 Å². The molecule has 0 radical (unpaired) electrons. The molecule has 9 heteroatoms. The average Bonchev–Trinajstić information content (AvgIpc) is 2.96. The number of hydrogen-bond donors (Lipinski definition) is 1. The number of amides is 2. The number of nitrogens with one attached hydrogen (secondary N) is 1. The summed E-state index contributed by atoms with van der Waals surface area (Å²) in [6.45, 7) is 3.34. The number of halogens is 1. The number of anilines is 1. The molecule has 4 rings (SSSR count). The van der Waals surface area contributed by atoms with Gasteiger partial charge in [0, 0.05) is 17.1 Å². The Kier molecular flexibility index (Phi) is 10.0. The lowest BCUT2D eigenvalue weighted by Crippen LogP contribution is -2.53. The van der Waals surface area contributed by atoms with Crippen molar-refractivity contribution < 1.29 is 18.0 Å². The van der Waals surface area contributed by atoms with Gasteiger partial charge in [-0.2, -0.15) is 0 Å². The highest BCUT2D eigenvalue weighted by Crippen LogP contribution is 2.25. The van der Waals surface area contributed by atoms with Crippen LogP contribution in [0.4, 0.5) is 5.69 Å². The Hall–Kier alpha value is -3.17. The van der Waals surface area contributed by atoms with Gasteiger partial charge in [0.2, 0.25) is 11.8 Å². The van der Waals surface area contributed by atoms with Gasteiger partial charge in [0.15, 0.2) is 0 Å². The number of rotatable bonds is 10. The quantitative estimate of drug-likeness (QED) is 0.308. The van der Waals surface area contributed by atoms with E-state index in [4.69, 9.17) is 0 Å². The van der Waals surface area contributed by atoms with E-state index in [1.807, 2.05) is 43.3 Å². The molecule has 1 atom stereocenters. The molecular weight excluding hydrogens is 590 g/mol. The maximum Gasteiger partial charge on any atom is 0.264 e. The van der Waals surface area contributed by atoms with E-state index >= 15 is 0 Å². The van der Waals surface area contributed by atoms with Crippen molar-refractivity contribution in [3.05, 3.63) is 94.5 Å². The standard InChI is InChI=1S/C31H36BrN3O4S/c1-23-13-19-28(20-14-23)35(40(38,39)29-11-7-4-8-12-29)22-30(36)34(21-25-15-17-26(32)18-16-25)24(2)31(37)33-27-9-5-3-6-10-27/h4,7-8,11-20,24,27H,3,5-6,9-10,21-22H2,1-2H3,(H,33,37). The van der Waals surface area contributed by atoms with E-state index in [0.29, 0.717) is 5.69 Å². The first-order valence-corrected chi connectivity index (χ1v) is 15.9. The number of carbonyl (C=O) groups is 2. The van der Waals surface area contributed by atoms with E-state index in [9.17, 15) is 18.0 Å². The summed E-state index contributed by atoms with van der Waals surface area (Å²) < 4.78 is 29.6. The Morgan fingerprint density at radius 1 is 0.925 bits per heavy atom. The third-order valence-electron chi connectivity index (χ3n) is 7.32. The Morgan fingerprint density at radius 3 is 2.17 bits per heavy atom. The zero-order chi connectivity index (χ0) is 28.7. The Morgan fingerprint density at radius 2 is 1.55 bits per heavy atom. The second kappa shape index (κ2) is 13.5. The summed E-state index contributed by atoms with van der Waals surface area (Å²) in [5.41, 5.74) is 2.18. The summed E-state index contributed by atoms with van der Waals surface area (Å²) in [5, 5.41) is 3.12. The molecule has 7 nitrogen and oxygen atoms in total. The van der Waals surface area contributed by atoms with Crippen LogP contribution in [-0.2, 0) is 26.2 Å². The Balaban J connectivity index is 1.65. The van der Waals surface area contributed by atoms with Crippen molar-refractivity contribution in [3.63, 3.8) is 0 Å². The number of carbonyl (C=O) groups excluding carboxylic acids is 2. The zero-order valence-electron chi connectivity index (χ0n) is 22.9. The van der Waals surface area contributed by atoms with Gasteiger partial charge in [-0.05, 0) is 68.7 Å². The van der Waals surface area contributed by atoms with Gasteiger partial charge in [-0.1, -0.05) is 83.2 Å². The number of nitrogens with zero attached hydrogens (tertiary/aromatic N) is 2. The van der Waals surface area contributed by atoms with Crippen molar-refractivity contribution in [2.45, 2.75) is 69.5 Å². The van der Waals surface area contributed by atoms with Crippen molar-refractivity contribution in [2.24, 2.45) is 0 Å². The van der Waals surface area contributed by atoms with Gasteiger partial charge in [-0.3, -0.25) is 13.9 Å². The molecule has 3 aromatic carbocycles. The van der Waals surface area contributed by atoms with Crippen LogP contribution in [0.25, 0.3) is 0 Å². The van der Waals surface area contributed by atoms with Gasteiger partial charge in [0.1, 0.15) is 12.6 Å². The molecule has 0 bridgehead atoms. The molecule has 2 amide bonds. The lowest BCUT2D eigenvalue weighted by molar-refractivity contribution is -0.139. The minimum Gasteiger partial charge on any atom is -0.352 e. The highest BCUT2D eigenvalue weighted by molar-refractivity contribution is 9.10. The summed E-state index contributed by atoms with van der Waals surface area (Å²) in [4.78, 5) is 28.9. The van der Waals surface area contributed by atoms with E-state index in [1.54, 1.807) is 37.3 Å². The van der Waals surface area contributed by atoms with Gasteiger partial charge in [0.05, 0.1) is 10.6 Å². The van der Waals surface area contributed by atoms with Gasteiger partial charge in [0.25, 0.3) is 10.0 Å². The lowest BCUT2D eigenvalue weighted by Gasteiger charge is -2.33. The summed E-state index contributed by atoms with van der Waals surface area (Å²) >= 11 is 3.44. The van der Waals surface area contributed by atoms with E-state index in [-0.39, 0.29) is 23.4 Å². The summed E-state index contributed by atoms with van der Waals surface area (Å²) in [6, 6.07) is 21.9. The third-order valence-corrected chi connectivity index (χ3v) is 9.63. The normalized spacial score (nSPS) is 14.8. The predicted molar refractivity (Wildman–Crippen MR) is 161 cm³/mol. The first kappa shape index (κ1) is 29.8. The maximum absolute atomic E-state index is 14.0. The van der Waals surface area contributed by atoms with Crippen LogP contribution < -0.4 is 9.62 Å². The van der Waals surface area contributed by atoms with E-state index in [2.05, 4.69) is 21.2 Å². The number of sulfonamides is 1. The van der Waals surface area contributed by atoms with Crippen LogP contribution in [0.15, 0.2) is 88.2 Å². The van der Waals surface area contributed by atoms with Crippen molar-refractivity contribution >= 4 is 43.5 Å². The van der Waals surface area contributed by atoms with Gasteiger partial charge >= 0.3 is 0 Å². The molecule has 0 aromatic heterocycles. The average molecular weight is 627 g/mol. The highest BCUT2D eigenvalue weighted by atomic mass is 79.9. The molecule has 212 valence electrons. The number of aryl methyl sites for hydroxylation is 1. The van der Waals surface area contributed by atoms with Crippen molar-refractivity contribution in [1.82, 2.24) is 10.2 Å². The smallest absolute Gasteiger partial charge is 0.264 e.